The number of fused-ring (bicyclic) bond motifs is 1. The van der Waals surface area contributed by atoms with Gasteiger partial charge in [-0.15, -0.1) is 0 Å². The summed E-state index contributed by atoms with van der Waals surface area (Å²) in [5, 5.41) is 10.3. The summed E-state index contributed by atoms with van der Waals surface area (Å²) in [6, 6.07) is 12.4. The second-order valence-electron chi connectivity index (χ2n) is 3.98. The van der Waals surface area contributed by atoms with E-state index in [-0.39, 0.29) is 11.3 Å². The highest BCUT2D eigenvalue weighted by Crippen LogP contribution is 2.29. The summed E-state index contributed by atoms with van der Waals surface area (Å²) in [4.78, 5) is 18.2. The number of aromatic hydroxyl groups is 1. The molecule has 4 heteroatoms. The number of phenols is 1. The van der Waals surface area contributed by atoms with Crippen molar-refractivity contribution in [3.05, 3.63) is 59.1 Å². The second kappa shape index (κ2) is 4.00. The molecular formula is C14H10N2O2. The minimum atomic E-state index is -0.163. The third kappa shape index (κ3) is 1.64. The van der Waals surface area contributed by atoms with Crippen molar-refractivity contribution in [1.82, 2.24) is 9.97 Å². The summed E-state index contributed by atoms with van der Waals surface area (Å²) >= 11 is 0. The minimum Gasteiger partial charge on any atom is -0.507 e. The molecule has 2 N–H and O–H groups in total. The Balaban J connectivity index is 2.27. The minimum absolute atomic E-state index is 0.163. The lowest BCUT2D eigenvalue weighted by molar-refractivity contribution is 0.477. The van der Waals surface area contributed by atoms with Crippen molar-refractivity contribution in [2.45, 2.75) is 0 Å². The molecule has 18 heavy (non-hydrogen) atoms. The highest BCUT2D eigenvalue weighted by molar-refractivity contribution is 5.84. The molecule has 0 saturated heterocycles. The fraction of sp³-hybridized carbons (Fsp3) is 0. The van der Waals surface area contributed by atoms with Gasteiger partial charge in [0.25, 0.3) is 5.56 Å². The maximum atomic E-state index is 11.5. The van der Waals surface area contributed by atoms with E-state index in [9.17, 15) is 9.90 Å². The van der Waals surface area contributed by atoms with Gasteiger partial charge in [-0.3, -0.25) is 4.79 Å². The predicted molar refractivity (Wildman–Crippen MR) is 69.5 cm³/mol. The number of hydrogen-bond acceptors (Lipinski definition) is 3. The van der Waals surface area contributed by atoms with Crippen LogP contribution in [0.3, 0.4) is 0 Å². The number of nitrogens with zero attached hydrogens (tertiary/aromatic N) is 1. The van der Waals surface area contributed by atoms with E-state index >= 15 is 0 Å². The maximum Gasteiger partial charge on any atom is 0.258 e. The average molecular weight is 238 g/mol. The number of hydrogen-bond donors (Lipinski definition) is 2. The first-order chi connectivity index (χ1) is 8.75. The van der Waals surface area contributed by atoms with Gasteiger partial charge in [0, 0.05) is 5.56 Å². The van der Waals surface area contributed by atoms with Crippen LogP contribution in [0.1, 0.15) is 0 Å². The van der Waals surface area contributed by atoms with Gasteiger partial charge in [0.05, 0.1) is 17.2 Å². The van der Waals surface area contributed by atoms with Gasteiger partial charge in [0.1, 0.15) is 5.75 Å². The lowest BCUT2D eigenvalue weighted by Gasteiger charge is -2.05. The molecule has 0 saturated carbocycles. The summed E-state index contributed by atoms with van der Waals surface area (Å²) in [5.74, 6) is 0.210. The molecule has 0 unspecified atom stereocenters. The van der Waals surface area contributed by atoms with E-state index in [1.807, 2.05) is 12.1 Å². The predicted octanol–water partition coefficient (Wildman–Crippen LogP) is 2.30. The Labute approximate surface area is 103 Å². The first kappa shape index (κ1) is 10.5. The number of para-hydroxylation sites is 1. The van der Waals surface area contributed by atoms with Crippen LogP contribution >= 0.6 is 0 Å². The lowest BCUT2D eigenvalue weighted by atomic mass is 10.0. The van der Waals surface area contributed by atoms with Crippen LogP contribution in [0.25, 0.3) is 22.0 Å². The molecule has 0 aliphatic rings. The molecular weight excluding hydrogens is 228 g/mol. The molecule has 1 heterocycles. The van der Waals surface area contributed by atoms with E-state index < -0.39 is 0 Å². The third-order valence-electron chi connectivity index (χ3n) is 2.86. The van der Waals surface area contributed by atoms with Crippen LogP contribution in [-0.4, -0.2) is 15.1 Å². The normalized spacial score (nSPS) is 10.7. The van der Waals surface area contributed by atoms with Crippen LogP contribution < -0.4 is 5.56 Å². The summed E-state index contributed by atoms with van der Waals surface area (Å²) < 4.78 is 0. The first-order valence-electron chi connectivity index (χ1n) is 5.51. The van der Waals surface area contributed by atoms with Crippen molar-refractivity contribution in [2.75, 3.05) is 0 Å². The summed E-state index contributed by atoms with van der Waals surface area (Å²) in [7, 11) is 0. The van der Waals surface area contributed by atoms with Crippen molar-refractivity contribution >= 4 is 10.9 Å². The number of H-pyrrole nitrogens is 1. The maximum absolute atomic E-state index is 11.5. The van der Waals surface area contributed by atoms with Crippen LogP contribution in [0.2, 0.25) is 0 Å². The van der Waals surface area contributed by atoms with E-state index in [0.29, 0.717) is 10.9 Å². The van der Waals surface area contributed by atoms with Gasteiger partial charge in [-0.05, 0) is 23.8 Å². The Morgan fingerprint density at radius 3 is 2.78 bits per heavy atom. The number of aromatic amines is 1. The monoisotopic (exact) mass is 238 g/mol. The van der Waals surface area contributed by atoms with Crippen LogP contribution in [0.4, 0.5) is 0 Å². The number of nitrogens with one attached hydrogen (secondary N) is 1. The van der Waals surface area contributed by atoms with Gasteiger partial charge in [0.2, 0.25) is 0 Å². The smallest absolute Gasteiger partial charge is 0.258 e. The number of phenolic OH excluding ortho intramolecular Hbond substituents is 1. The zero-order valence-corrected chi connectivity index (χ0v) is 9.42. The van der Waals surface area contributed by atoms with Crippen molar-refractivity contribution in [2.24, 2.45) is 0 Å². The van der Waals surface area contributed by atoms with Gasteiger partial charge in [-0.2, -0.15) is 0 Å². The molecule has 0 radical (unpaired) electrons. The molecule has 2 aromatic carbocycles. The van der Waals surface area contributed by atoms with E-state index in [1.54, 1.807) is 30.3 Å². The fourth-order valence-electron chi connectivity index (χ4n) is 1.95. The van der Waals surface area contributed by atoms with Gasteiger partial charge in [-0.1, -0.05) is 24.3 Å². The highest BCUT2D eigenvalue weighted by Gasteiger charge is 2.05. The Hall–Kier alpha value is -2.62. The lowest BCUT2D eigenvalue weighted by Crippen LogP contribution is -2.05. The molecule has 88 valence electrons. The largest absolute Gasteiger partial charge is 0.507 e. The molecule has 3 aromatic rings. The van der Waals surface area contributed by atoms with Crippen molar-refractivity contribution in [3.8, 4) is 16.9 Å². The second-order valence-corrected chi connectivity index (χ2v) is 3.98. The number of benzene rings is 2. The Morgan fingerprint density at radius 2 is 1.94 bits per heavy atom. The van der Waals surface area contributed by atoms with Gasteiger partial charge >= 0.3 is 0 Å². The topological polar surface area (TPSA) is 66.0 Å². The summed E-state index contributed by atoms with van der Waals surface area (Å²) in [6.45, 7) is 0. The van der Waals surface area contributed by atoms with Gasteiger partial charge in [0.15, 0.2) is 0 Å². The van der Waals surface area contributed by atoms with Gasteiger partial charge in [-0.25, -0.2) is 4.98 Å². The average Bonchev–Trinajstić information content (AvgIpc) is 2.39. The molecule has 0 amide bonds. The molecule has 0 aliphatic carbocycles. The van der Waals surface area contributed by atoms with Crippen molar-refractivity contribution < 1.29 is 5.11 Å². The van der Waals surface area contributed by atoms with E-state index in [4.69, 9.17) is 0 Å². The zero-order chi connectivity index (χ0) is 12.5. The van der Waals surface area contributed by atoms with Crippen LogP contribution in [0, 0.1) is 0 Å². The molecule has 0 aliphatic heterocycles. The zero-order valence-electron chi connectivity index (χ0n) is 9.42. The van der Waals surface area contributed by atoms with Crippen LogP contribution in [0.5, 0.6) is 5.75 Å². The molecule has 3 rings (SSSR count). The molecule has 0 atom stereocenters. The van der Waals surface area contributed by atoms with Crippen molar-refractivity contribution in [1.29, 1.82) is 0 Å². The highest BCUT2D eigenvalue weighted by atomic mass is 16.3. The Kier molecular flexibility index (Phi) is 2.34. The molecule has 0 spiro atoms. The summed E-state index contributed by atoms with van der Waals surface area (Å²) in [6.07, 6.45) is 1.37. The van der Waals surface area contributed by atoms with E-state index in [0.717, 1.165) is 11.1 Å². The van der Waals surface area contributed by atoms with E-state index in [2.05, 4.69) is 9.97 Å². The number of aromatic nitrogens is 2. The third-order valence-corrected chi connectivity index (χ3v) is 2.86. The molecule has 4 nitrogen and oxygen atoms in total. The fourth-order valence-corrected chi connectivity index (χ4v) is 1.95. The molecule has 1 aromatic heterocycles. The van der Waals surface area contributed by atoms with E-state index in [1.165, 1.54) is 6.33 Å². The standard InChI is InChI=1S/C14H10N2O2/c17-13-4-2-1-3-10(13)9-5-6-11-12(7-9)15-8-16-14(11)18/h1-8,17H,(H,15,16,18). The first-order valence-corrected chi connectivity index (χ1v) is 5.51. The molecule has 0 bridgehead atoms. The van der Waals surface area contributed by atoms with Crippen LogP contribution in [0.15, 0.2) is 53.6 Å². The quantitative estimate of drug-likeness (QED) is 0.683. The van der Waals surface area contributed by atoms with Crippen LogP contribution in [-0.2, 0) is 0 Å². The molecule has 0 fully saturated rings. The Morgan fingerprint density at radius 1 is 1.11 bits per heavy atom. The SMILES string of the molecule is O=c1[nH]cnc2cc(-c3ccccc3O)ccc12. The van der Waals surface area contributed by atoms with Crippen molar-refractivity contribution in [3.63, 3.8) is 0 Å². The Bertz CT molecular complexity index is 778. The van der Waals surface area contributed by atoms with Gasteiger partial charge < -0.3 is 10.1 Å². The number of rotatable bonds is 1. The summed E-state index contributed by atoms with van der Waals surface area (Å²) in [5.41, 5.74) is 2.00.